The molecular weight excluding hydrogens is 348 g/mol. The van der Waals surface area contributed by atoms with Crippen LogP contribution in [0.15, 0.2) is 64.4 Å². The lowest BCUT2D eigenvalue weighted by Gasteiger charge is -2.08. The number of aromatic nitrogens is 3. The van der Waals surface area contributed by atoms with Crippen molar-refractivity contribution < 1.29 is 9.59 Å². The number of pyridine rings is 1. The van der Waals surface area contributed by atoms with Gasteiger partial charge in [0.15, 0.2) is 5.78 Å². The molecule has 8 heteroatoms. The van der Waals surface area contributed by atoms with Crippen molar-refractivity contribution in [3.05, 3.63) is 92.5 Å². The Morgan fingerprint density at radius 3 is 2.48 bits per heavy atom. The molecule has 0 bridgehead atoms. The molecule has 0 radical (unpaired) electrons. The number of benzene rings is 1. The highest BCUT2D eigenvalue weighted by Crippen LogP contribution is 2.10. The largest absolute Gasteiger partial charge is 0.328 e. The second-order valence-corrected chi connectivity index (χ2v) is 5.81. The van der Waals surface area contributed by atoms with Crippen LogP contribution in [0.4, 0.5) is 5.69 Å². The molecule has 0 fully saturated rings. The van der Waals surface area contributed by atoms with Crippen LogP contribution in [0.25, 0.3) is 0 Å². The number of H-pyrrole nitrogens is 1. The van der Waals surface area contributed by atoms with Crippen LogP contribution < -0.4 is 16.6 Å². The zero-order chi connectivity index (χ0) is 19.4. The average molecular weight is 364 g/mol. The van der Waals surface area contributed by atoms with Crippen LogP contribution >= 0.6 is 0 Å². The summed E-state index contributed by atoms with van der Waals surface area (Å²) in [6.07, 6.45) is 2.63. The normalized spacial score (nSPS) is 10.4. The van der Waals surface area contributed by atoms with E-state index in [1.54, 1.807) is 48.7 Å². The lowest BCUT2D eigenvalue weighted by atomic mass is 10.1. The summed E-state index contributed by atoms with van der Waals surface area (Å²) in [5.74, 6) is -0.757. The number of nitrogens with zero attached hydrogens (tertiary/aromatic N) is 2. The quantitative estimate of drug-likeness (QED) is 0.665. The summed E-state index contributed by atoms with van der Waals surface area (Å²) in [5.41, 5.74) is -0.111. The molecule has 0 saturated carbocycles. The number of Topliss-reactive ketones (excluding diaryl/α,β-unsaturated/α-hetero) is 1. The molecule has 2 heterocycles. The molecule has 0 spiro atoms. The number of carbonyl (C=O) groups excluding carboxylic acids is 2. The average Bonchev–Trinajstić information content (AvgIpc) is 2.66. The van der Waals surface area contributed by atoms with E-state index < -0.39 is 17.2 Å². The van der Waals surface area contributed by atoms with Crippen LogP contribution in [0.2, 0.25) is 0 Å². The van der Waals surface area contributed by atoms with Gasteiger partial charge >= 0.3 is 5.69 Å². The number of ketones is 1. The number of anilines is 1. The summed E-state index contributed by atoms with van der Waals surface area (Å²) < 4.78 is 0.913. The van der Waals surface area contributed by atoms with Crippen molar-refractivity contribution in [2.45, 2.75) is 13.5 Å². The molecular formula is C19H16N4O4. The van der Waals surface area contributed by atoms with Crippen LogP contribution in [-0.4, -0.2) is 26.2 Å². The van der Waals surface area contributed by atoms with Crippen molar-refractivity contribution in [3.63, 3.8) is 0 Å². The van der Waals surface area contributed by atoms with Crippen LogP contribution in [-0.2, 0) is 6.54 Å². The van der Waals surface area contributed by atoms with E-state index in [0.29, 0.717) is 16.9 Å². The minimum absolute atomic E-state index is 0.0521. The van der Waals surface area contributed by atoms with Gasteiger partial charge in [-0.3, -0.25) is 23.9 Å². The Balaban J connectivity index is 1.87. The molecule has 0 aliphatic rings. The van der Waals surface area contributed by atoms with Crippen LogP contribution in [0, 0.1) is 0 Å². The third kappa shape index (κ3) is 4.06. The number of aromatic amines is 1. The minimum atomic E-state index is -0.720. The molecule has 0 aliphatic carbocycles. The summed E-state index contributed by atoms with van der Waals surface area (Å²) in [5, 5.41) is 2.57. The first-order valence-corrected chi connectivity index (χ1v) is 8.10. The Kier molecular flexibility index (Phi) is 5.07. The predicted octanol–water partition coefficient (Wildman–Crippen LogP) is 1.43. The smallest absolute Gasteiger partial charge is 0.322 e. The minimum Gasteiger partial charge on any atom is -0.322 e. The number of nitrogens with one attached hydrogen (secondary N) is 2. The third-order valence-electron chi connectivity index (χ3n) is 3.90. The molecule has 27 heavy (non-hydrogen) atoms. The van der Waals surface area contributed by atoms with Crippen molar-refractivity contribution in [3.8, 4) is 0 Å². The molecule has 1 aromatic carbocycles. The van der Waals surface area contributed by atoms with Gasteiger partial charge in [-0.2, -0.15) is 0 Å². The van der Waals surface area contributed by atoms with Gasteiger partial charge in [-0.25, -0.2) is 4.79 Å². The Hall–Kier alpha value is -3.81. The van der Waals surface area contributed by atoms with E-state index in [4.69, 9.17) is 0 Å². The molecule has 0 atom stereocenters. The van der Waals surface area contributed by atoms with Crippen molar-refractivity contribution in [2.75, 3.05) is 5.32 Å². The van der Waals surface area contributed by atoms with E-state index in [-0.39, 0.29) is 17.9 Å². The lowest BCUT2D eigenvalue weighted by Crippen LogP contribution is -2.39. The van der Waals surface area contributed by atoms with Gasteiger partial charge in [-0.15, -0.1) is 0 Å². The molecule has 3 aromatic rings. The van der Waals surface area contributed by atoms with E-state index in [2.05, 4.69) is 15.3 Å². The Bertz CT molecular complexity index is 1100. The fraction of sp³-hybridized carbons (Fsp3) is 0.105. The maximum Gasteiger partial charge on any atom is 0.328 e. The number of carbonyl (C=O) groups is 2. The monoisotopic (exact) mass is 364 g/mol. The summed E-state index contributed by atoms with van der Waals surface area (Å²) in [4.78, 5) is 54.8. The van der Waals surface area contributed by atoms with Crippen molar-refractivity contribution in [1.29, 1.82) is 0 Å². The molecule has 0 unspecified atom stereocenters. The molecule has 136 valence electrons. The molecule has 2 aromatic heterocycles. The van der Waals surface area contributed by atoms with E-state index in [9.17, 15) is 19.2 Å². The first-order chi connectivity index (χ1) is 13.0. The van der Waals surface area contributed by atoms with Crippen molar-refractivity contribution >= 4 is 17.4 Å². The van der Waals surface area contributed by atoms with E-state index in [1.165, 1.54) is 6.92 Å². The van der Waals surface area contributed by atoms with Crippen LogP contribution in [0.3, 0.4) is 0 Å². The van der Waals surface area contributed by atoms with Gasteiger partial charge in [0.25, 0.3) is 11.5 Å². The molecule has 0 saturated heterocycles. The van der Waals surface area contributed by atoms with Crippen LogP contribution in [0.5, 0.6) is 0 Å². The SMILES string of the molecule is CC(=O)c1ccc(NC(=O)c2c[nH]c(=O)n(Cc3ccccn3)c2=O)cc1. The first kappa shape index (κ1) is 18.0. The molecule has 3 rings (SSSR count). The number of rotatable bonds is 5. The highest BCUT2D eigenvalue weighted by molar-refractivity contribution is 6.04. The van der Waals surface area contributed by atoms with Gasteiger partial charge in [0.05, 0.1) is 12.2 Å². The number of hydrogen-bond acceptors (Lipinski definition) is 5. The van der Waals surface area contributed by atoms with Crippen LogP contribution in [0.1, 0.15) is 33.3 Å². The highest BCUT2D eigenvalue weighted by Gasteiger charge is 2.15. The zero-order valence-electron chi connectivity index (χ0n) is 14.4. The lowest BCUT2D eigenvalue weighted by molar-refractivity contribution is 0.101. The first-order valence-electron chi connectivity index (χ1n) is 8.10. The molecule has 8 nitrogen and oxygen atoms in total. The molecule has 0 aliphatic heterocycles. The van der Waals surface area contributed by atoms with E-state index >= 15 is 0 Å². The molecule has 2 N–H and O–H groups in total. The maximum atomic E-state index is 12.6. The fourth-order valence-corrected chi connectivity index (χ4v) is 2.46. The second-order valence-electron chi connectivity index (χ2n) is 5.81. The number of amides is 1. The maximum absolute atomic E-state index is 12.6. The third-order valence-corrected chi connectivity index (χ3v) is 3.90. The van der Waals surface area contributed by atoms with Crippen molar-refractivity contribution in [2.24, 2.45) is 0 Å². The second kappa shape index (κ2) is 7.61. The fourth-order valence-electron chi connectivity index (χ4n) is 2.46. The Morgan fingerprint density at radius 1 is 1.11 bits per heavy atom. The van der Waals surface area contributed by atoms with Crippen molar-refractivity contribution in [1.82, 2.24) is 14.5 Å². The van der Waals surface area contributed by atoms with E-state index in [0.717, 1.165) is 10.8 Å². The molecule has 1 amide bonds. The van der Waals surface area contributed by atoms with Gasteiger partial charge in [-0.1, -0.05) is 6.07 Å². The summed E-state index contributed by atoms with van der Waals surface area (Å²) in [6.45, 7) is 1.39. The summed E-state index contributed by atoms with van der Waals surface area (Å²) >= 11 is 0. The van der Waals surface area contributed by atoms with Gasteiger partial charge in [-0.05, 0) is 43.3 Å². The Labute approximate surface area is 153 Å². The highest BCUT2D eigenvalue weighted by atomic mass is 16.2. The van der Waals surface area contributed by atoms with E-state index in [1.807, 2.05) is 0 Å². The predicted molar refractivity (Wildman–Crippen MR) is 99.1 cm³/mol. The van der Waals surface area contributed by atoms with Gasteiger partial charge < -0.3 is 10.3 Å². The van der Waals surface area contributed by atoms with Gasteiger partial charge in [0, 0.05) is 23.6 Å². The topological polar surface area (TPSA) is 114 Å². The Morgan fingerprint density at radius 2 is 1.85 bits per heavy atom. The summed E-state index contributed by atoms with van der Waals surface area (Å²) in [7, 11) is 0. The number of hydrogen-bond donors (Lipinski definition) is 2. The zero-order valence-corrected chi connectivity index (χ0v) is 14.4. The van der Waals surface area contributed by atoms with Gasteiger partial charge in [0.2, 0.25) is 0 Å². The van der Waals surface area contributed by atoms with Gasteiger partial charge in [0.1, 0.15) is 5.56 Å². The standard InChI is InChI=1S/C19H16N4O4/c1-12(24)13-5-7-14(8-6-13)22-17(25)16-10-21-19(27)23(18(16)26)11-15-4-2-3-9-20-15/h2-10H,11H2,1H3,(H,21,27)(H,22,25). The summed E-state index contributed by atoms with van der Waals surface area (Å²) in [6, 6.07) is 11.4.